The molecule has 4 aliphatic rings. The van der Waals surface area contributed by atoms with Crippen molar-refractivity contribution in [3.63, 3.8) is 0 Å². The first-order valence-corrected chi connectivity index (χ1v) is 14.5. The molecule has 178 valence electrons. The summed E-state index contributed by atoms with van der Waals surface area (Å²) < 4.78 is 5.87. The topological polar surface area (TPSA) is 43.1 Å². The van der Waals surface area contributed by atoms with Crippen LogP contribution in [0, 0.1) is 46.8 Å². The first-order chi connectivity index (χ1) is 16.0. The SMILES string of the molecule is C[C@H]1CC[C@@H]2C3CC[C@@]4(C)C(CCC[C@@H]4C(=O)CSc4nc5ccccc5o4)[C@@H]3CC[C@@H]2C1. The Morgan fingerprint density at radius 2 is 1.91 bits per heavy atom. The van der Waals surface area contributed by atoms with E-state index in [0.717, 1.165) is 53.0 Å². The Kier molecular flexibility index (Phi) is 5.87. The fraction of sp³-hybridized carbons (Fsp3) is 0.724. The van der Waals surface area contributed by atoms with Crippen molar-refractivity contribution < 1.29 is 9.21 Å². The predicted octanol–water partition coefficient (Wildman–Crippen LogP) is 7.78. The van der Waals surface area contributed by atoms with Gasteiger partial charge in [0.2, 0.25) is 0 Å². The average Bonchev–Trinajstić information content (AvgIpc) is 3.24. The molecule has 0 N–H and O–H groups in total. The number of nitrogens with zero attached hydrogens (tertiary/aromatic N) is 1. The van der Waals surface area contributed by atoms with Gasteiger partial charge in [0.1, 0.15) is 11.3 Å². The summed E-state index contributed by atoms with van der Waals surface area (Å²) in [5.74, 6) is 6.64. The van der Waals surface area contributed by atoms with Gasteiger partial charge in [-0.2, -0.15) is 0 Å². The number of Topliss-reactive ketones (excluding diaryl/α,β-unsaturated/α-hetero) is 1. The predicted molar refractivity (Wildman–Crippen MR) is 134 cm³/mol. The molecule has 1 aromatic carbocycles. The smallest absolute Gasteiger partial charge is 0.257 e. The van der Waals surface area contributed by atoms with Gasteiger partial charge in [0.05, 0.1) is 5.75 Å². The van der Waals surface area contributed by atoms with Gasteiger partial charge >= 0.3 is 0 Å². The molecule has 6 rings (SSSR count). The summed E-state index contributed by atoms with van der Waals surface area (Å²) in [7, 11) is 0. The molecular weight excluding hydrogens is 426 g/mol. The third kappa shape index (κ3) is 3.89. The van der Waals surface area contributed by atoms with Crippen molar-refractivity contribution in [1.82, 2.24) is 4.98 Å². The van der Waals surface area contributed by atoms with Crippen molar-refractivity contribution in [2.24, 2.45) is 46.8 Å². The fourth-order valence-electron chi connectivity index (χ4n) is 8.96. The average molecular weight is 466 g/mol. The zero-order valence-electron chi connectivity index (χ0n) is 20.3. The van der Waals surface area contributed by atoms with Crippen molar-refractivity contribution >= 4 is 28.6 Å². The largest absolute Gasteiger partial charge is 0.431 e. The Balaban J connectivity index is 1.16. The highest BCUT2D eigenvalue weighted by molar-refractivity contribution is 7.99. The van der Waals surface area contributed by atoms with Gasteiger partial charge in [0, 0.05) is 5.92 Å². The molecule has 4 heteroatoms. The lowest BCUT2D eigenvalue weighted by atomic mass is 9.44. The molecule has 33 heavy (non-hydrogen) atoms. The minimum atomic E-state index is 0.202. The van der Waals surface area contributed by atoms with E-state index in [-0.39, 0.29) is 11.3 Å². The maximum atomic E-state index is 13.6. The normalized spacial score (nSPS) is 40.6. The van der Waals surface area contributed by atoms with Gasteiger partial charge in [-0.05, 0) is 104 Å². The number of hydrogen-bond acceptors (Lipinski definition) is 4. The van der Waals surface area contributed by atoms with Crippen LogP contribution in [0.5, 0.6) is 0 Å². The highest BCUT2D eigenvalue weighted by Gasteiger charge is 2.56. The van der Waals surface area contributed by atoms with Crippen molar-refractivity contribution in [3.05, 3.63) is 24.3 Å². The molecule has 4 saturated carbocycles. The molecule has 1 aromatic heterocycles. The molecule has 2 unspecified atom stereocenters. The van der Waals surface area contributed by atoms with E-state index in [9.17, 15) is 4.79 Å². The van der Waals surface area contributed by atoms with Gasteiger partial charge in [-0.25, -0.2) is 4.98 Å². The summed E-state index contributed by atoms with van der Waals surface area (Å²) in [5, 5.41) is 0.635. The lowest BCUT2D eigenvalue weighted by molar-refractivity contribution is -0.141. The molecule has 1 heterocycles. The van der Waals surface area contributed by atoms with Crippen LogP contribution >= 0.6 is 11.8 Å². The molecule has 2 aromatic rings. The minimum absolute atomic E-state index is 0.202. The maximum Gasteiger partial charge on any atom is 0.257 e. The van der Waals surface area contributed by atoms with Crippen LogP contribution < -0.4 is 0 Å². The Bertz CT molecular complexity index is 983. The van der Waals surface area contributed by atoms with Crippen molar-refractivity contribution in [2.45, 2.75) is 83.3 Å². The number of thioether (sulfide) groups is 1. The van der Waals surface area contributed by atoms with E-state index >= 15 is 0 Å². The van der Waals surface area contributed by atoms with Crippen molar-refractivity contribution in [3.8, 4) is 0 Å². The zero-order valence-corrected chi connectivity index (χ0v) is 21.1. The van der Waals surface area contributed by atoms with Crippen LogP contribution in [-0.4, -0.2) is 16.5 Å². The van der Waals surface area contributed by atoms with E-state index in [1.165, 1.54) is 69.5 Å². The van der Waals surface area contributed by atoms with E-state index in [4.69, 9.17) is 4.42 Å². The number of fused-ring (bicyclic) bond motifs is 6. The number of benzene rings is 1. The van der Waals surface area contributed by atoms with Crippen LogP contribution in [0.15, 0.2) is 33.9 Å². The number of hydrogen-bond donors (Lipinski definition) is 0. The van der Waals surface area contributed by atoms with E-state index in [1.807, 2.05) is 24.3 Å². The molecule has 4 aliphatic carbocycles. The number of para-hydroxylation sites is 2. The highest BCUT2D eigenvalue weighted by atomic mass is 32.2. The second-order valence-corrected chi connectivity index (χ2v) is 13.0. The molecule has 0 amide bonds. The Morgan fingerprint density at radius 3 is 2.79 bits per heavy atom. The Morgan fingerprint density at radius 1 is 1.06 bits per heavy atom. The molecule has 8 atom stereocenters. The molecule has 0 bridgehead atoms. The summed E-state index contributed by atoms with van der Waals surface area (Å²) >= 11 is 1.50. The lowest BCUT2D eigenvalue weighted by Gasteiger charge is -2.60. The quantitative estimate of drug-likeness (QED) is 0.432. The highest BCUT2D eigenvalue weighted by Crippen LogP contribution is 2.63. The number of carbonyl (C=O) groups excluding carboxylic acids is 1. The summed E-state index contributed by atoms with van der Waals surface area (Å²) in [6.45, 7) is 4.96. The summed E-state index contributed by atoms with van der Waals surface area (Å²) in [4.78, 5) is 18.2. The van der Waals surface area contributed by atoms with E-state index < -0.39 is 0 Å². The van der Waals surface area contributed by atoms with E-state index in [2.05, 4.69) is 18.8 Å². The van der Waals surface area contributed by atoms with Gasteiger partial charge in [-0.15, -0.1) is 0 Å². The maximum absolute atomic E-state index is 13.6. The number of rotatable bonds is 4. The number of aromatic nitrogens is 1. The Hall–Kier alpha value is -1.29. The summed E-state index contributed by atoms with van der Waals surface area (Å²) in [5.41, 5.74) is 1.89. The number of oxazole rings is 1. The molecule has 0 spiro atoms. The van der Waals surface area contributed by atoms with Crippen LogP contribution in [0.3, 0.4) is 0 Å². The van der Waals surface area contributed by atoms with E-state index in [1.54, 1.807) is 0 Å². The van der Waals surface area contributed by atoms with Crippen LogP contribution in [0.4, 0.5) is 0 Å². The van der Waals surface area contributed by atoms with Gasteiger partial charge in [-0.1, -0.05) is 50.6 Å². The molecule has 0 aliphatic heterocycles. The van der Waals surface area contributed by atoms with Crippen molar-refractivity contribution in [2.75, 3.05) is 5.75 Å². The molecular formula is C29H39NO2S. The molecule has 0 radical (unpaired) electrons. The van der Waals surface area contributed by atoms with Gasteiger partial charge in [0.15, 0.2) is 5.58 Å². The third-order valence-electron chi connectivity index (χ3n) is 10.5. The minimum Gasteiger partial charge on any atom is -0.431 e. The molecule has 4 fully saturated rings. The second-order valence-electron chi connectivity index (χ2n) is 12.1. The third-order valence-corrected chi connectivity index (χ3v) is 11.3. The number of ketones is 1. The number of carbonyl (C=O) groups is 1. The van der Waals surface area contributed by atoms with Crippen LogP contribution in [0.25, 0.3) is 11.1 Å². The summed E-state index contributed by atoms with van der Waals surface area (Å²) in [6, 6.07) is 7.86. The second kappa shape index (κ2) is 8.73. The molecule has 0 saturated heterocycles. The first-order valence-electron chi connectivity index (χ1n) is 13.5. The van der Waals surface area contributed by atoms with Gasteiger partial charge in [0.25, 0.3) is 5.22 Å². The standard InChI is InChI=1S/C29H39NO2S/c1-18-10-12-20-19(16-18)11-13-22-21(20)14-15-29(2)23(22)6-5-7-24(29)26(31)17-33-28-30-25-8-3-4-9-27(25)32-28/h3-4,8-9,18-24H,5-7,10-17H2,1-2H3/t18-,19+,20-,21?,22+,23?,24+,29-/m0/s1. The monoisotopic (exact) mass is 465 g/mol. The van der Waals surface area contributed by atoms with E-state index in [0.29, 0.717) is 16.8 Å². The van der Waals surface area contributed by atoms with Crippen LogP contribution in [-0.2, 0) is 4.79 Å². The van der Waals surface area contributed by atoms with Gasteiger partial charge in [-0.3, -0.25) is 4.79 Å². The zero-order chi connectivity index (χ0) is 22.6. The van der Waals surface area contributed by atoms with Crippen molar-refractivity contribution in [1.29, 1.82) is 0 Å². The first kappa shape index (κ1) is 22.2. The van der Waals surface area contributed by atoms with Crippen LogP contribution in [0.2, 0.25) is 0 Å². The van der Waals surface area contributed by atoms with Crippen LogP contribution in [0.1, 0.15) is 78.1 Å². The Labute approximate surface area is 202 Å². The lowest BCUT2D eigenvalue weighted by Crippen LogP contribution is -2.54. The fourth-order valence-corrected chi connectivity index (χ4v) is 9.74. The molecule has 3 nitrogen and oxygen atoms in total. The van der Waals surface area contributed by atoms with Gasteiger partial charge < -0.3 is 4.42 Å². The summed E-state index contributed by atoms with van der Waals surface area (Å²) in [6.07, 6.45) is 13.6.